The molecule has 0 aromatic heterocycles. The van der Waals surface area contributed by atoms with Crippen molar-refractivity contribution < 1.29 is 38.2 Å². The first-order valence-corrected chi connectivity index (χ1v) is 10.4. The van der Waals surface area contributed by atoms with Gasteiger partial charge in [0.2, 0.25) is 5.91 Å². The van der Waals surface area contributed by atoms with Crippen molar-refractivity contribution >= 4 is 35.4 Å². The molecule has 2 saturated heterocycles. The second-order valence-electron chi connectivity index (χ2n) is 7.60. The Bertz CT molecular complexity index is 902. The summed E-state index contributed by atoms with van der Waals surface area (Å²) in [6.45, 7) is 3.04. The van der Waals surface area contributed by atoms with E-state index in [2.05, 4.69) is 0 Å². The van der Waals surface area contributed by atoms with Crippen LogP contribution in [-0.4, -0.2) is 74.6 Å². The fourth-order valence-electron chi connectivity index (χ4n) is 4.09. The van der Waals surface area contributed by atoms with Crippen LogP contribution in [-0.2, 0) is 28.6 Å². The maximum Gasteiger partial charge on any atom is 0.337 e. The van der Waals surface area contributed by atoms with Gasteiger partial charge in [-0.15, -0.1) is 0 Å². The summed E-state index contributed by atoms with van der Waals surface area (Å²) < 4.78 is 14.5. The molecule has 10 nitrogen and oxygen atoms in total. The van der Waals surface area contributed by atoms with Crippen molar-refractivity contribution in [2.45, 2.75) is 32.2 Å². The lowest BCUT2D eigenvalue weighted by atomic mass is 9.95. The van der Waals surface area contributed by atoms with Crippen molar-refractivity contribution in [1.29, 1.82) is 0 Å². The minimum atomic E-state index is -0.714. The molecule has 2 amide bonds. The van der Waals surface area contributed by atoms with Gasteiger partial charge in [-0.25, -0.2) is 14.5 Å². The molecule has 0 spiro atoms. The number of imide groups is 1. The summed E-state index contributed by atoms with van der Waals surface area (Å²) in [4.78, 5) is 64.9. The molecule has 0 bridgehead atoms. The summed E-state index contributed by atoms with van der Waals surface area (Å²) in [5.41, 5.74) is 0.140. The Labute approximate surface area is 185 Å². The molecule has 1 aromatic rings. The lowest BCUT2D eigenvalue weighted by molar-refractivity contribution is -0.149. The highest BCUT2D eigenvalue weighted by molar-refractivity contribution is 6.23. The highest BCUT2D eigenvalue weighted by Crippen LogP contribution is 2.30. The van der Waals surface area contributed by atoms with Crippen LogP contribution in [0.15, 0.2) is 18.2 Å². The molecular formula is C22H26N2O8. The molecule has 32 heavy (non-hydrogen) atoms. The molecule has 2 aliphatic rings. The number of likely N-dealkylation sites (tertiary alicyclic amines) is 1. The number of esters is 3. The first-order valence-electron chi connectivity index (χ1n) is 10.4. The Morgan fingerprint density at radius 2 is 1.53 bits per heavy atom. The van der Waals surface area contributed by atoms with E-state index in [0.717, 1.165) is 4.90 Å². The number of ether oxygens (including phenoxy) is 3. The number of methoxy groups -OCH3 is 2. The van der Waals surface area contributed by atoms with Crippen LogP contribution in [0, 0.1) is 5.92 Å². The van der Waals surface area contributed by atoms with Gasteiger partial charge in [0.05, 0.1) is 56.0 Å². The number of rotatable bonds is 6. The largest absolute Gasteiger partial charge is 0.466 e. The van der Waals surface area contributed by atoms with Gasteiger partial charge in [-0.05, 0) is 51.1 Å². The zero-order valence-electron chi connectivity index (χ0n) is 18.3. The fourth-order valence-corrected chi connectivity index (χ4v) is 4.09. The van der Waals surface area contributed by atoms with E-state index in [1.807, 2.05) is 4.90 Å². The third-order valence-electron chi connectivity index (χ3n) is 5.73. The molecular weight excluding hydrogens is 420 g/mol. The Morgan fingerprint density at radius 1 is 0.969 bits per heavy atom. The zero-order chi connectivity index (χ0) is 23.4. The van der Waals surface area contributed by atoms with Gasteiger partial charge in [-0.3, -0.25) is 19.3 Å². The van der Waals surface area contributed by atoms with Crippen molar-refractivity contribution in [2.75, 3.05) is 38.8 Å². The number of anilines is 1. The normalized spacial score (nSPS) is 19.7. The molecule has 2 aliphatic heterocycles. The van der Waals surface area contributed by atoms with Crippen LogP contribution < -0.4 is 4.90 Å². The van der Waals surface area contributed by atoms with Crippen LogP contribution in [0.2, 0.25) is 0 Å². The Kier molecular flexibility index (Phi) is 7.24. The summed E-state index contributed by atoms with van der Waals surface area (Å²) in [6, 6.07) is 3.28. The maximum absolute atomic E-state index is 13.2. The molecule has 0 N–H and O–H groups in total. The number of amides is 2. The van der Waals surface area contributed by atoms with Crippen molar-refractivity contribution in [3.63, 3.8) is 0 Å². The number of carbonyl (C=O) groups is 5. The average molecular weight is 446 g/mol. The topological polar surface area (TPSA) is 120 Å². The van der Waals surface area contributed by atoms with Gasteiger partial charge in [0.15, 0.2) is 0 Å². The summed E-state index contributed by atoms with van der Waals surface area (Å²) in [5, 5.41) is 0. The molecule has 2 heterocycles. The van der Waals surface area contributed by atoms with Crippen LogP contribution in [0.3, 0.4) is 0 Å². The van der Waals surface area contributed by atoms with Crippen LogP contribution in [0.4, 0.5) is 5.69 Å². The quantitative estimate of drug-likeness (QED) is 0.360. The predicted molar refractivity (Wildman–Crippen MR) is 111 cm³/mol. The van der Waals surface area contributed by atoms with Gasteiger partial charge < -0.3 is 14.2 Å². The summed E-state index contributed by atoms with van der Waals surface area (Å²) in [5.74, 6) is -2.76. The molecule has 0 unspecified atom stereocenters. The summed E-state index contributed by atoms with van der Waals surface area (Å²) in [7, 11) is 2.38. The number of hydrogen-bond donors (Lipinski definition) is 0. The third-order valence-corrected chi connectivity index (χ3v) is 5.73. The molecule has 0 radical (unpaired) electrons. The van der Waals surface area contributed by atoms with Crippen LogP contribution >= 0.6 is 0 Å². The highest BCUT2D eigenvalue weighted by atomic mass is 16.5. The number of carbonyl (C=O) groups excluding carboxylic acids is 5. The van der Waals surface area contributed by atoms with Crippen molar-refractivity contribution in [1.82, 2.24) is 4.90 Å². The van der Waals surface area contributed by atoms with Crippen molar-refractivity contribution in [3.05, 3.63) is 29.3 Å². The molecule has 1 atom stereocenters. The summed E-state index contributed by atoms with van der Waals surface area (Å²) in [6.07, 6.45) is 1.06. The SMILES string of the molecule is CCOC(=O)C1CCN([C@@H]2CC(=O)N(c3cc(C(=O)OC)cc(C(=O)OC)c3)C2=O)CC1. The van der Waals surface area contributed by atoms with Gasteiger partial charge in [0.25, 0.3) is 5.91 Å². The lowest BCUT2D eigenvalue weighted by Crippen LogP contribution is -2.47. The second kappa shape index (κ2) is 9.90. The molecule has 1 aromatic carbocycles. The van der Waals surface area contributed by atoms with Gasteiger partial charge in [0.1, 0.15) is 0 Å². The maximum atomic E-state index is 13.2. The molecule has 10 heteroatoms. The van der Waals surface area contributed by atoms with E-state index < -0.39 is 29.8 Å². The van der Waals surface area contributed by atoms with Crippen molar-refractivity contribution in [3.8, 4) is 0 Å². The predicted octanol–water partition coefficient (Wildman–Crippen LogP) is 1.17. The van der Waals surface area contributed by atoms with Crippen molar-refractivity contribution in [2.24, 2.45) is 5.92 Å². The number of nitrogens with zero attached hydrogens (tertiary/aromatic N) is 2. The minimum Gasteiger partial charge on any atom is -0.466 e. The third kappa shape index (κ3) is 4.64. The zero-order valence-corrected chi connectivity index (χ0v) is 18.3. The number of piperidine rings is 1. The Hall–Kier alpha value is -3.27. The second-order valence-corrected chi connectivity index (χ2v) is 7.60. The molecule has 172 valence electrons. The Balaban J connectivity index is 1.81. The van der Waals surface area contributed by atoms with Crippen LogP contribution in [0.25, 0.3) is 0 Å². The van der Waals surface area contributed by atoms with E-state index in [1.165, 1.54) is 32.4 Å². The average Bonchev–Trinajstić information content (AvgIpc) is 3.11. The van der Waals surface area contributed by atoms with Gasteiger partial charge in [0, 0.05) is 0 Å². The number of hydrogen-bond acceptors (Lipinski definition) is 9. The van der Waals surface area contributed by atoms with E-state index in [4.69, 9.17) is 14.2 Å². The standard InChI is InChI=1S/C22H26N2O8/c1-4-32-22(29)13-5-7-23(8-6-13)17-12-18(25)24(19(17)26)16-10-14(20(27)30-2)9-15(11-16)21(28)31-3/h9-11,13,17H,4-8,12H2,1-3H3/t17-/m1/s1. The fraction of sp³-hybridized carbons (Fsp3) is 0.500. The first-order chi connectivity index (χ1) is 15.3. The summed E-state index contributed by atoms with van der Waals surface area (Å²) >= 11 is 0. The molecule has 0 aliphatic carbocycles. The van der Waals surface area contributed by atoms with Crippen LogP contribution in [0.1, 0.15) is 46.9 Å². The van der Waals surface area contributed by atoms with E-state index >= 15 is 0 Å². The van der Waals surface area contributed by atoms with E-state index in [-0.39, 0.29) is 35.1 Å². The smallest absolute Gasteiger partial charge is 0.337 e. The van der Waals surface area contributed by atoms with E-state index in [9.17, 15) is 24.0 Å². The number of benzene rings is 1. The Morgan fingerprint density at radius 3 is 2.03 bits per heavy atom. The monoisotopic (exact) mass is 446 g/mol. The molecule has 3 rings (SSSR count). The van der Waals surface area contributed by atoms with Gasteiger partial charge in [-0.1, -0.05) is 0 Å². The lowest BCUT2D eigenvalue weighted by Gasteiger charge is -2.33. The van der Waals surface area contributed by atoms with E-state index in [1.54, 1.807) is 6.92 Å². The highest BCUT2D eigenvalue weighted by Gasteiger charge is 2.44. The molecule has 2 fully saturated rings. The first kappa shape index (κ1) is 23.4. The van der Waals surface area contributed by atoms with Crippen LogP contribution in [0.5, 0.6) is 0 Å². The minimum absolute atomic E-state index is 0.0182. The van der Waals surface area contributed by atoms with E-state index in [0.29, 0.717) is 32.5 Å². The molecule has 0 saturated carbocycles. The van der Waals surface area contributed by atoms with Gasteiger partial charge >= 0.3 is 17.9 Å². The van der Waals surface area contributed by atoms with Gasteiger partial charge in [-0.2, -0.15) is 0 Å².